The van der Waals surface area contributed by atoms with Crippen LogP contribution in [-0.2, 0) is 9.59 Å². The summed E-state index contributed by atoms with van der Waals surface area (Å²) >= 11 is 0. The van der Waals surface area contributed by atoms with Crippen LogP contribution in [0.25, 0.3) is 0 Å². The van der Waals surface area contributed by atoms with Gasteiger partial charge in [-0.25, -0.2) is 0 Å². The van der Waals surface area contributed by atoms with Gasteiger partial charge in [0.1, 0.15) is 0 Å². The first-order valence-corrected chi connectivity index (χ1v) is 4.54. The zero-order valence-corrected chi connectivity index (χ0v) is 7.19. The molecule has 4 nitrogen and oxygen atoms in total. The summed E-state index contributed by atoms with van der Waals surface area (Å²) in [6.07, 6.45) is 2.90. The fourth-order valence-electron chi connectivity index (χ4n) is 2.95. The Morgan fingerprint density at radius 3 is 1.80 bits per heavy atom. The Labute approximate surface area is 132 Å². The topological polar surface area (TPSA) is 74.6 Å². The van der Waals surface area contributed by atoms with E-state index in [1.165, 1.54) is 0 Å². The van der Waals surface area contributed by atoms with Crippen LogP contribution in [0.15, 0.2) is 0 Å². The summed E-state index contributed by atoms with van der Waals surface area (Å²) in [5.41, 5.74) is -1.46. The van der Waals surface area contributed by atoms with Crippen LogP contribution >= 0.6 is 0 Å². The molecule has 0 radical (unpaired) electrons. The Bertz CT molecular complexity index is 265. The van der Waals surface area contributed by atoms with Crippen molar-refractivity contribution < 1.29 is 19.8 Å². The van der Waals surface area contributed by atoms with Crippen molar-refractivity contribution in [2.75, 3.05) is 0 Å². The van der Waals surface area contributed by atoms with Crippen molar-refractivity contribution in [2.24, 2.45) is 17.3 Å². The van der Waals surface area contributed by atoms with E-state index in [9.17, 15) is 9.59 Å². The molecule has 15 heavy (non-hydrogen) atoms. The maximum absolute atomic E-state index is 11.0. The van der Waals surface area contributed by atoms with E-state index in [-0.39, 0.29) is 65.0 Å². The van der Waals surface area contributed by atoms with Crippen LogP contribution in [0.2, 0.25) is 0 Å². The first-order valence-electron chi connectivity index (χ1n) is 4.54. The Balaban J connectivity index is 0.000000980. The minimum absolute atomic E-state index is 0. The van der Waals surface area contributed by atoms with Crippen molar-refractivity contribution in [2.45, 2.75) is 25.7 Å². The third-order valence-electron chi connectivity index (χ3n) is 3.61. The Morgan fingerprint density at radius 1 is 1.07 bits per heavy atom. The van der Waals surface area contributed by atoms with Crippen LogP contribution in [-0.4, -0.2) is 81.3 Å². The third kappa shape index (κ3) is 2.31. The normalized spacial score (nSPS) is 30.1. The second-order valence-electron chi connectivity index (χ2n) is 4.16. The van der Waals surface area contributed by atoms with Crippen LogP contribution in [0.3, 0.4) is 0 Å². The monoisotopic (exact) mass is 232 g/mol. The van der Waals surface area contributed by atoms with E-state index in [2.05, 4.69) is 0 Å². The van der Waals surface area contributed by atoms with Gasteiger partial charge in [-0.05, 0) is 31.1 Å². The van der Waals surface area contributed by atoms with E-state index in [4.69, 9.17) is 10.2 Å². The number of rotatable bonds is 2. The van der Waals surface area contributed by atoms with E-state index in [1.807, 2.05) is 0 Å². The second-order valence-corrected chi connectivity index (χ2v) is 4.16. The molecule has 2 fully saturated rings. The van der Waals surface area contributed by atoms with E-state index in [0.717, 1.165) is 19.3 Å². The molecule has 2 N–H and O–H groups in total. The van der Waals surface area contributed by atoms with Gasteiger partial charge in [-0.15, -0.1) is 0 Å². The molecule has 2 bridgehead atoms. The van der Waals surface area contributed by atoms with Crippen molar-refractivity contribution in [3.63, 3.8) is 0 Å². The van der Waals surface area contributed by atoms with Gasteiger partial charge in [0.15, 0.2) is 5.41 Å². The Kier molecular flexibility index (Phi) is 5.86. The average Bonchev–Trinajstić information content (AvgIpc) is 2.61. The minimum atomic E-state index is -1.46. The van der Waals surface area contributed by atoms with Gasteiger partial charge in [-0.3, -0.25) is 9.59 Å². The molecular formula is C9H14Na2O4. The number of hydrogen-bond donors (Lipinski definition) is 2. The van der Waals surface area contributed by atoms with Gasteiger partial charge in [0.05, 0.1) is 0 Å². The van der Waals surface area contributed by atoms with Crippen molar-refractivity contribution in [3.8, 4) is 0 Å². The molecule has 2 saturated carbocycles. The van der Waals surface area contributed by atoms with Crippen molar-refractivity contribution in [3.05, 3.63) is 0 Å². The van der Waals surface area contributed by atoms with E-state index in [0.29, 0.717) is 12.3 Å². The van der Waals surface area contributed by atoms with E-state index in [1.54, 1.807) is 0 Å². The van der Waals surface area contributed by atoms with Crippen molar-refractivity contribution >= 4 is 71.1 Å². The summed E-state index contributed by atoms with van der Waals surface area (Å²) in [7, 11) is 0. The SMILES string of the molecule is O=C(O)C1(C(=O)O)CC2CCC1C2.[NaH].[NaH]. The average molecular weight is 232 g/mol. The molecular weight excluding hydrogens is 218 g/mol. The first kappa shape index (κ1) is 15.9. The summed E-state index contributed by atoms with van der Waals surface area (Å²) in [6.45, 7) is 0. The Morgan fingerprint density at radius 2 is 1.60 bits per heavy atom. The van der Waals surface area contributed by atoms with Gasteiger partial charge in [0.25, 0.3) is 0 Å². The molecule has 2 atom stereocenters. The number of carboxylic acid groups (broad SMARTS) is 2. The molecule has 6 heteroatoms. The molecule has 76 valence electrons. The van der Waals surface area contributed by atoms with E-state index < -0.39 is 17.4 Å². The molecule has 0 aromatic rings. The van der Waals surface area contributed by atoms with Crippen LogP contribution in [0.1, 0.15) is 25.7 Å². The fourth-order valence-corrected chi connectivity index (χ4v) is 2.95. The molecule has 0 spiro atoms. The van der Waals surface area contributed by atoms with Crippen molar-refractivity contribution in [1.82, 2.24) is 0 Å². The molecule has 0 heterocycles. The number of carboxylic acids is 2. The van der Waals surface area contributed by atoms with Gasteiger partial charge in [0.2, 0.25) is 0 Å². The molecule has 0 saturated heterocycles. The summed E-state index contributed by atoms with van der Waals surface area (Å²) in [6, 6.07) is 0. The van der Waals surface area contributed by atoms with Crippen molar-refractivity contribution in [1.29, 1.82) is 0 Å². The molecule has 2 aliphatic rings. The van der Waals surface area contributed by atoms with Gasteiger partial charge in [0, 0.05) is 0 Å². The van der Waals surface area contributed by atoms with Gasteiger partial charge in [-0.1, -0.05) is 6.42 Å². The molecule has 2 unspecified atom stereocenters. The number of carbonyl (C=O) groups is 2. The predicted molar refractivity (Wildman–Crippen MR) is 57.5 cm³/mol. The van der Waals surface area contributed by atoms with Gasteiger partial charge >= 0.3 is 71.1 Å². The third-order valence-corrected chi connectivity index (χ3v) is 3.61. The van der Waals surface area contributed by atoms with Crippen LogP contribution in [0.5, 0.6) is 0 Å². The van der Waals surface area contributed by atoms with Crippen LogP contribution < -0.4 is 0 Å². The zero-order valence-electron chi connectivity index (χ0n) is 7.19. The quantitative estimate of drug-likeness (QED) is 0.504. The number of hydrogen-bond acceptors (Lipinski definition) is 2. The zero-order chi connectivity index (χ0) is 9.64. The van der Waals surface area contributed by atoms with Crippen LogP contribution in [0.4, 0.5) is 0 Å². The molecule has 2 rings (SSSR count). The van der Waals surface area contributed by atoms with Crippen LogP contribution in [0, 0.1) is 17.3 Å². The summed E-state index contributed by atoms with van der Waals surface area (Å²) in [5, 5.41) is 18.0. The number of fused-ring (bicyclic) bond motifs is 2. The van der Waals surface area contributed by atoms with Gasteiger partial charge in [-0.2, -0.15) is 0 Å². The molecule has 0 aromatic heterocycles. The second kappa shape index (κ2) is 5.52. The summed E-state index contributed by atoms with van der Waals surface area (Å²) in [5.74, 6) is -2.09. The van der Waals surface area contributed by atoms with E-state index >= 15 is 0 Å². The van der Waals surface area contributed by atoms with Gasteiger partial charge < -0.3 is 10.2 Å². The maximum atomic E-state index is 11.0. The predicted octanol–water partition coefficient (Wildman–Crippen LogP) is -0.335. The molecule has 0 aromatic carbocycles. The Hall–Kier alpha value is 0.940. The standard InChI is InChI=1S/C9H12O4.2Na.2H/c10-7(11)9(8(12)13)4-5-1-2-6(9)3-5;;;;/h5-6H,1-4H2,(H,10,11)(H,12,13);;;;. The fraction of sp³-hybridized carbons (Fsp3) is 0.778. The summed E-state index contributed by atoms with van der Waals surface area (Å²) < 4.78 is 0. The first-order chi connectivity index (χ1) is 6.07. The molecule has 2 aliphatic carbocycles. The molecule has 0 amide bonds. The summed E-state index contributed by atoms with van der Waals surface area (Å²) in [4.78, 5) is 21.9. The number of aliphatic carboxylic acids is 2. The molecule has 0 aliphatic heterocycles.